The number of nitrogens with two attached hydrogens (primary N) is 1. The molecule has 1 aromatic heterocycles. The van der Waals surface area contributed by atoms with Crippen molar-refractivity contribution < 1.29 is 14.6 Å². The van der Waals surface area contributed by atoms with Gasteiger partial charge in [-0.1, -0.05) is 30.3 Å². The van der Waals surface area contributed by atoms with Gasteiger partial charge in [-0.3, -0.25) is 9.78 Å². The fraction of sp³-hybridized carbons (Fsp3) is 0.167. The minimum absolute atomic E-state index is 0. The number of nitrogens with one attached hydrogen (secondary N) is 1. The van der Waals surface area contributed by atoms with Gasteiger partial charge < -0.3 is 10.7 Å². The maximum absolute atomic E-state index is 11.8. The Kier molecular flexibility index (Phi) is 6.23. The lowest BCUT2D eigenvalue weighted by Crippen LogP contribution is -2.10. The molecule has 0 amide bonds. The van der Waals surface area contributed by atoms with Crippen molar-refractivity contribution in [1.29, 1.82) is 0 Å². The number of hydrogen-bond donors (Lipinski definition) is 2. The average Bonchev–Trinajstić information content (AvgIpc) is 2.97. The van der Waals surface area contributed by atoms with Crippen LogP contribution in [-0.4, -0.2) is 17.5 Å². The summed E-state index contributed by atoms with van der Waals surface area (Å²) in [7, 11) is 0. The summed E-state index contributed by atoms with van der Waals surface area (Å²) >= 11 is 0. The molecule has 126 valence electrons. The fourth-order valence-electron chi connectivity index (χ4n) is 2.46. The predicted molar refractivity (Wildman–Crippen MR) is 95.2 cm³/mol. The first-order valence-electron chi connectivity index (χ1n) is 7.47. The highest BCUT2D eigenvalue weighted by Gasteiger charge is 2.09. The van der Waals surface area contributed by atoms with Gasteiger partial charge in [-0.2, -0.15) is 0 Å². The van der Waals surface area contributed by atoms with Crippen LogP contribution in [0.15, 0.2) is 54.7 Å². The predicted octanol–water partition coefficient (Wildman–Crippen LogP) is 3.17. The van der Waals surface area contributed by atoms with Gasteiger partial charge in [0.1, 0.15) is 0 Å². The molecular weight excluding hydrogens is 328 g/mol. The summed E-state index contributed by atoms with van der Waals surface area (Å²) in [6, 6.07) is 14.9. The molecular formula is C18H19ClN2O3. The molecule has 0 aliphatic carbocycles. The number of H-pyrrole nitrogens is 1. The monoisotopic (exact) mass is 346 g/mol. The average molecular weight is 347 g/mol. The van der Waals surface area contributed by atoms with Gasteiger partial charge in [0.05, 0.1) is 6.42 Å². The van der Waals surface area contributed by atoms with E-state index in [0.29, 0.717) is 12.3 Å². The molecule has 1 heterocycles. The summed E-state index contributed by atoms with van der Waals surface area (Å²) in [5.74, 6) is 0.0457. The van der Waals surface area contributed by atoms with Gasteiger partial charge in [0.25, 0.3) is 0 Å². The van der Waals surface area contributed by atoms with Crippen LogP contribution in [0.4, 0.5) is 0 Å². The number of fused-ring (bicyclic) bond motifs is 1. The zero-order valence-corrected chi connectivity index (χ0v) is 13.8. The Morgan fingerprint density at radius 3 is 2.67 bits per heavy atom. The van der Waals surface area contributed by atoms with E-state index >= 15 is 0 Å². The second-order valence-electron chi connectivity index (χ2n) is 5.26. The van der Waals surface area contributed by atoms with E-state index < -0.39 is 5.97 Å². The van der Waals surface area contributed by atoms with Crippen LogP contribution < -0.4 is 10.6 Å². The largest absolute Gasteiger partial charge is 0.361 e. The topological polar surface area (TPSA) is 77.3 Å². The van der Waals surface area contributed by atoms with Crippen molar-refractivity contribution in [1.82, 2.24) is 4.98 Å². The Morgan fingerprint density at radius 1 is 1.12 bits per heavy atom. The van der Waals surface area contributed by atoms with Gasteiger partial charge in [-0.15, -0.1) is 12.4 Å². The van der Waals surface area contributed by atoms with Crippen LogP contribution >= 0.6 is 12.4 Å². The second kappa shape index (κ2) is 8.38. The minimum atomic E-state index is -0.437. The summed E-state index contributed by atoms with van der Waals surface area (Å²) in [5, 5.41) is 1.02. The van der Waals surface area contributed by atoms with E-state index in [1.165, 1.54) is 0 Å². The van der Waals surface area contributed by atoms with Gasteiger partial charge in [-0.25, -0.2) is 4.79 Å². The Hall–Kier alpha value is -2.50. The molecule has 3 rings (SSSR count). The van der Waals surface area contributed by atoms with Gasteiger partial charge in [0, 0.05) is 17.1 Å². The summed E-state index contributed by atoms with van der Waals surface area (Å²) < 4.78 is 0. The van der Waals surface area contributed by atoms with E-state index in [4.69, 9.17) is 15.5 Å². The number of rotatable bonds is 6. The molecule has 2 aromatic carbocycles. The molecule has 0 radical (unpaired) electrons. The zero-order chi connectivity index (χ0) is 16.1. The van der Waals surface area contributed by atoms with E-state index in [1.807, 2.05) is 48.7 Å². The van der Waals surface area contributed by atoms with Gasteiger partial charge in [0.15, 0.2) is 5.75 Å². The second-order valence-corrected chi connectivity index (χ2v) is 5.26. The molecule has 3 N–H and O–H groups in total. The van der Waals surface area contributed by atoms with Crippen molar-refractivity contribution in [3.63, 3.8) is 0 Å². The van der Waals surface area contributed by atoms with E-state index in [-0.39, 0.29) is 18.8 Å². The zero-order valence-electron chi connectivity index (χ0n) is 13.0. The smallest absolute Gasteiger partial charge is 0.359 e. The molecule has 0 unspecified atom stereocenters. The summed E-state index contributed by atoms with van der Waals surface area (Å²) in [4.78, 5) is 25.0. The Morgan fingerprint density at radius 2 is 1.92 bits per heavy atom. The quantitative estimate of drug-likeness (QED) is 0.531. The van der Waals surface area contributed by atoms with Crippen LogP contribution in [-0.2, 0) is 22.5 Å². The third-order valence-electron chi connectivity index (χ3n) is 3.57. The lowest BCUT2D eigenvalue weighted by molar-refractivity contribution is -0.212. The lowest BCUT2D eigenvalue weighted by Gasteiger charge is -2.05. The minimum Gasteiger partial charge on any atom is -0.361 e. The highest BCUT2D eigenvalue weighted by Crippen LogP contribution is 2.24. The molecule has 5 nitrogen and oxygen atoms in total. The molecule has 0 aliphatic rings. The number of benzene rings is 2. The van der Waals surface area contributed by atoms with Gasteiger partial charge in [-0.05, 0) is 42.3 Å². The lowest BCUT2D eigenvalue weighted by atomic mass is 10.1. The standard InChI is InChI=1S/C18H18N2O3.ClH/c19-9-8-14-12-20-17-7-6-15(11-16(14)17)22-23-18(21)10-13-4-2-1-3-5-13;/h1-7,11-12,20H,8-10,19H2;1H. The highest BCUT2D eigenvalue weighted by atomic mass is 35.5. The van der Waals surface area contributed by atoms with Crippen LogP contribution in [0.25, 0.3) is 10.9 Å². The van der Waals surface area contributed by atoms with Crippen LogP contribution in [0.5, 0.6) is 5.75 Å². The third-order valence-corrected chi connectivity index (χ3v) is 3.57. The Balaban J connectivity index is 0.00000208. The molecule has 0 saturated carbocycles. The fourth-order valence-corrected chi connectivity index (χ4v) is 2.46. The number of carbonyl (C=O) groups is 1. The molecule has 0 atom stereocenters. The third kappa shape index (κ3) is 4.28. The molecule has 3 aromatic rings. The number of aromatic amines is 1. The molecule has 0 fully saturated rings. The van der Waals surface area contributed by atoms with Crippen molar-refractivity contribution in [2.45, 2.75) is 12.8 Å². The van der Waals surface area contributed by atoms with E-state index in [0.717, 1.165) is 28.5 Å². The van der Waals surface area contributed by atoms with Crippen LogP contribution in [0.2, 0.25) is 0 Å². The van der Waals surface area contributed by atoms with Crippen LogP contribution in [0.1, 0.15) is 11.1 Å². The molecule has 0 bridgehead atoms. The normalized spacial score (nSPS) is 10.2. The first-order chi connectivity index (χ1) is 11.3. The van der Waals surface area contributed by atoms with Crippen molar-refractivity contribution in [2.24, 2.45) is 5.73 Å². The highest BCUT2D eigenvalue weighted by molar-refractivity contribution is 5.85. The van der Waals surface area contributed by atoms with Crippen molar-refractivity contribution in [3.05, 3.63) is 65.9 Å². The molecule has 24 heavy (non-hydrogen) atoms. The maximum Gasteiger partial charge on any atom is 0.359 e. The maximum atomic E-state index is 11.8. The molecule has 0 saturated heterocycles. The van der Waals surface area contributed by atoms with Crippen molar-refractivity contribution in [2.75, 3.05) is 6.54 Å². The Bertz CT molecular complexity index is 802. The van der Waals surface area contributed by atoms with E-state index in [2.05, 4.69) is 4.98 Å². The van der Waals surface area contributed by atoms with Gasteiger partial charge >= 0.3 is 5.97 Å². The first-order valence-corrected chi connectivity index (χ1v) is 7.47. The molecule has 6 heteroatoms. The number of carbonyl (C=O) groups excluding carboxylic acids is 1. The summed E-state index contributed by atoms with van der Waals surface area (Å²) in [6.07, 6.45) is 2.88. The van der Waals surface area contributed by atoms with E-state index in [1.54, 1.807) is 6.07 Å². The summed E-state index contributed by atoms with van der Waals surface area (Å²) in [6.45, 7) is 0.574. The van der Waals surface area contributed by atoms with Crippen LogP contribution in [0, 0.1) is 0 Å². The van der Waals surface area contributed by atoms with Gasteiger partial charge in [0.2, 0.25) is 0 Å². The van der Waals surface area contributed by atoms with Crippen molar-refractivity contribution in [3.8, 4) is 5.75 Å². The number of aromatic nitrogens is 1. The summed E-state index contributed by atoms with van der Waals surface area (Å²) in [5.41, 5.74) is 8.60. The SMILES string of the molecule is Cl.NCCc1c[nH]c2ccc(OOC(=O)Cc3ccccc3)cc12. The van der Waals surface area contributed by atoms with Crippen molar-refractivity contribution >= 4 is 29.3 Å². The van der Waals surface area contributed by atoms with E-state index in [9.17, 15) is 4.79 Å². The number of halogens is 1. The molecule has 0 aliphatic heterocycles. The van der Waals surface area contributed by atoms with Crippen LogP contribution in [0.3, 0.4) is 0 Å². The first kappa shape index (κ1) is 17.8. The number of hydrogen-bond acceptors (Lipinski definition) is 4. The molecule has 0 spiro atoms. The Labute approximate surface area is 146 Å².